The molecule has 0 aromatic heterocycles. The molecule has 1 aliphatic rings. The third kappa shape index (κ3) is 8.79. The summed E-state index contributed by atoms with van der Waals surface area (Å²) in [4.78, 5) is 31.1. The Balaban J connectivity index is 0.00000512. The number of carbonyl (C=O) groups is 1. The molecule has 180 valence electrons. The molecule has 0 radical (unpaired) electrons. The Morgan fingerprint density at radius 3 is 2.34 bits per heavy atom. The number of piperidine rings is 1. The predicted octanol–water partition coefficient (Wildman–Crippen LogP) is 4.26. The van der Waals surface area contributed by atoms with Gasteiger partial charge in [-0.3, -0.25) is 15.1 Å². The van der Waals surface area contributed by atoms with E-state index >= 15 is 0 Å². The number of nitro benzene ring substituents is 1. The first kappa shape index (κ1) is 27.9. The number of nitrogens with zero attached hydrogens (tertiary/aromatic N) is 4. The lowest BCUT2D eigenvalue weighted by molar-refractivity contribution is -0.384. The highest BCUT2D eigenvalue weighted by Crippen LogP contribution is 2.20. The lowest BCUT2D eigenvalue weighted by Crippen LogP contribution is -2.47. The van der Waals surface area contributed by atoms with Crippen LogP contribution in [0.15, 0.2) is 29.3 Å². The van der Waals surface area contributed by atoms with Crippen molar-refractivity contribution in [3.63, 3.8) is 0 Å². The molecular formula is C22H36IN5O4. The van der Waals surface area contributed by atoms with Crippen LogP contribution in [0.1, 0.15) is 46.1 Å². The lowest BCUT2D eigenvalue weighted by Gasteiger charge is -2.36. The zero-order valence-electron chi connectivity index (χ0n) is 19.7. The number of nitro groups is 1. The normalized spacial score (nSPS) is 15.0. The molecule has 1 amide bonds. The first-order chi connectivity index (χ1) is 14.6. The molecule has 0 spiro atoms. The molecule has 0 saturated carbocycles. The number of ether oxygens (including phenoxy) is 1. The third-order valence-electron chi connectivity index (χ3n) is 5.24. The number of amides is 1. The number of benzene rings is 1. The summed E-state index contributed by atoms with van der Waals surface area (Å²) in [5.41, 5.74) is 0.552. The van der Waals surface area contributed by atoms with E-state index in [1.165, 1.54) is 12.1 Å². The highest BCUT2D eigenvalue weighted by Gasteiger charge is 2.27. The van der Waals surface area contributed by atoms with Crippen molar-refractivity contribution in [1.82, 2.24) is 15.1 Å². The van der Waals surface area contributed by atoms with E-state index in [-0.39, 0.29) is 35.8 Å². The van der Waals surface area contributed by atoms with Crippen LogP contribution < -0.4 is 5.32 Å². The van der Waals surface area contributed by atoms with Crippen LogP contribution in [0.3, 0.4) is 0 Å². The van der Waals surface area contributed by atoms with Crippen LogP contribution in [0.25, 0.3) is 0 Å². The molecular weight excluding hydrogens is 525 g/mol. The minimum absolute atomic E-state index is 0. The summed E-state index contributed by atoms with van der Waals surface area (Å²) in [5.74, 6) is 1.24. The number of hydrogen-bond acceptors (Lipinski definition) is 5. The molecule has 1 aromatic rings. The molecule has 2 rings (SSSR count). The van der Waals surface area contributed by atoms with Gasteiger partial charge in [-0.2, -0.15) is 0 Å². The first-order valence-corrected chi connectivity index (χ1v) is 10.8. The lowest BCUT2D eigenvalue weighted by atomic mass is 9.96. The highest BCUT2D eigenvalue weighted by atomic mass is 127. The van der Waals surface area contributed by atoms with Gasteiger partial charge in [0.25, 0.3) is 5.69 Å². The number of halogens is 1. The quantitative estimate of drug-likeness (QED) is 0.183. The summed E-state index contributed by atoms with van der Waals surface area (Å²) in [5, 5.41) is 14.1. The zero-order valence-corrected chi connectivity index (χ0v) is 22.0. The van der Waals surface area contributed by atoms with E-state index in [0.29, 0.717) is 25.6 Å². The van der Waals surface area contributed by atoms with Crippen molar-refractivity contribution in [2.24, 2.45) is 10.9 Å². The van der Waals surface area contributed by atoms with Crippen LogP contribution in [0.4, 0.5) is 10.5 Å². The van der Waals surface area contributed by atoms with Gasteiger partial charge in [0.2, 0.25) is 0 Å². The van der Waals surface area contributed by atoms with Crippen molar-refractivity contribution in [3.8, 4) is 0 Å². The van der Waals surface area contributed by atoms with Crippen LogP contribution in [0, 0.1) is 16.0 Å². The molecule has 9 nitrogen and oxygen atoms in total. The van der Waals surface area contributed by atoms with E-state index in [1.807, 2.05) is 27.7 Å². The molecule has 10 heteroatoms. The molecule has 0 unspecified atom stereocenters. The third-order valence-corrected chi connectivity index (χ3v) is 5.24. The Bertz CT molecular complexity index is 772. The standard InChI is InChI=1S/C22H35N5O4.HI/c1-6-25(21(28)31-22(2,3)4)16-18-11-13-26(14-12-18)20(23-5)24-15-17-7-9-19(10-8-17)27(29)30;/h7-10,18H,6,11-16H2,1-5H3,(H,23,24);1H. The number of non-ortho nitro benzene ring substituents is 1. The summed E-state index contributed by atoms with van der Waals surface area (Å²) in [6.45, 7) is 11.2. The summed E-state index contributed by atoms with van der Waals surface area (Å²) in [6.07, 6.45) is 1.69. The van der Waals surface area contributed by atoms with Gasteiger partial charge < -0.3 is 19.9 Å². The van der Waals surface area contributed by atoms with Crippen LogP contribution in [-0.2, 0) is 11.3 Å². The van der Waals surface area contributed by atoms with Gasteiger partial charge in [-0.05, 0) is 52.0 Å². The molecule has 1 aromatic carbocycles. The Hall–Kier alpha value is -2.11. The fourth-order valence-corrected chi connectivity index (χ4v) is 3.55. The topological polar surface area (TPSA) is 100 Å². The van der Waals surface area contributed by atoms with E-state index < -0.39 is 10.5 Å². The molecule has 0 bridgehead atoms. The van der Waals surface area contributed by atoms with Crippen LogP contribution in [0.5, 0.6) is 0 Å². The van der Waals surface area contributed by atoms with Crippen molar-refractivity contribution >= 4 is 41.7 Å². The number of aliphatic imine (C=N–C) groups is 1. The predicted molar refractivity (Wildman–Crippen MR) is 136 cm³/mol. The maximum absolute atomic E-state index is 12.4. The monoisotopic (exact) mass is 561 g/mol. The number of rotatable bonds is 6. The molecule has 1 saturated heterocycles. The summed E-state index contributed by atoms with van der Waals surface area (Å²) >= 11 is 0. The van der Waals surface area contributed by atoms with Crippen molar-refractivity contribution in [3.05, 3.63) is 39.9 Å². The average molecular weight is 561 g/mol. The van der Waals surface area contributed by atoms with Crippen molar-refractivity contribution in [2.45, 2.75) is 52.7 Å². The second kappa shape index (κ2) is 12.8. The molecule has 0 atom stereocenters. The SMILES string of the molecule is CCN(CC1CCN(C(=NC)NCc2ccc([N+](=O)[O-])cc2)CC1)C(=O)OC(C)(C)C.I. The molecule has 1 aliphatic heterocycles. The number of carbonyl (C=O) groups excluding carboxylic acids is 1. The van der Waals surface area contributed by atoms with Gasteiger partial charge in [0.15, 0.2) is 5.96 Å². The summed E-state index contributed by atoms with van der Waals surface area (Å²) in [7, 11) is 1.76. The minimum atomic E-state index is -0.490. The number of guanidine groups is 1. The Morgan fingerprint density at radius 2 is 1.88 bits per heavy atom. The van der Waals surface area contributed by atoms with Crippen molar-refractivity contribution < 1.29 is 14.5 Å². The van der Waals surface area contributed by atoms with Gasteiger partial charge in [0.1, 0.15) is 5.60 Å². The Kier molecular flexibility index (Phi) is 11.2. The van der Waals surface area contributed by atoms with E-state index in [4.69, 9.17) is 4.74 Å². The van der Waals surface area contributed by atoms with E-state index in [9.17, 15) is 14.9 Å². The Morgan fingerprint density at radius 1 is 1.28 bits per heavy atom. The first-order valence-electron chi connectivity index (χ1n) is 10.8. The van der Waals surface area contributed by atoms with Gasteiger partial charge in [0, 0.05) is 51.9 Å². The molecule has 1 N–H and O–H groups in total. The van der Waals surface area contributed by atoms with Crippen molar-refractivity contribution in [1.29, 1.82) is 0 Å². The fraction of sp³-hybridized carbons (Fsp3) is 0.636. The van der Waals surface area contributed by atoms with E-state index in [0.717, 1.165) is 37.5 Å². The molecule has 32 heavy (non-hydrogen) atoms. The minimum Gasteiger partial charge on any atom is -0.444 e. The largest absolute Gasteiger partial charge is 0.444 e. The van der Waals surface area contributed by atoms with Gasteiger partial charge in [0.05, 0.1) is 4.92 Å². The maximum Gasteiger partial charge on any atom is 0.410 e. The molecule has 0 aliphatic carbocycles. The average Bonchev–Trinajstić information content (AvgIpc) is 2.72. The Labute approximate surface area is 207 Å². The number of likely N-dealkylation sites (tertiary alicyclic amines) is 1. The zero-order chi connectivity index (χ0) is 23.0. The van der Waals surface area contributed by atoms with Crippen LogP contribution >= 0.6 is 24.0 Å². The van der Waals surface area contributed by atoms with Gasteiger partial charge in [-0.25, -0.2) is 4.79 Å². The number of nitrogens with one attached hydrogen (secondary N) is 1. The molecule has 1 fully saturated rings. The van der Waals surface area contributed by atoms with Gasteiger partial charge >= 0.3 is 6.09 Å². The van der Waals surface area contributed by atoms with E-state index in [2.05, 4.69) is 15.2 Å². The van der Waals surface area contributed by atoms with Crippen molar-refractivity contribution in [2.75, 3.05) is 33.2 Å². The second-order valence-electron chi connectivity index (χ2n) is 8.77. The van der Waals surface area contributed by atoms with E-state index in [1.54, 1.807) is 24.1 Å². The molecule has 1 heterocycles. The number of hydrogen-bond donors (Lipinski definition) is 1. The van der Waals surface area contributed by atoms with Crippen LogP contribution in [0.2, 0.25) is 0 Å². The van der Waals surface area contributed by atoms with Crippen LogP contribution in [-0.4, -0.2) is 65.6 Å². The second-order valence-corrected chi connectivity index (χ2v) is 8.77. The van der Waals surface area contributed by atoms with Gasteiger partial charge in [-0.1, -0.05) is 12.1 Å². The summed E-state index contributed by atoms with van der Waals surface area (Å²) < 4.78 is 5.51. The fourth-order valence-electron chi connectivity index (χ4n) is 3.55. The highest BCUT2D eigenvalue weighted by molar-refractivity contribution is 14.0. The summed E-state index contributed by atoms with van der Waals surface area (Å²) in [6, 6.07) is 6.52. The smallest absolute Gasteiger partial charge is 0.410 e. The van der Waals surface area contributed by atoms with Gasteiger partial charge in [-0.15, -0.1) is 24.0 Å². The maximum atomic E-state index is 12.4.